The maximum Gasteiger partial charge on any atom is 0.277 e. The van der Waals surface area contributed by atoms with E-state index < -0.39 is 0 Å². The fourth-order valence-electron chi connectivity index (χ4n) is 0.538. The predicted molar refractivity (Wildman–Crippen MR) is 37.0 cm³/mol. The minimum Gasteiger partial charge on any atom is -0.469 e. The number of ether oxygens (including phenoxy) is 2. The van der Waals surface area contributed by atoms with Gasteiger partial charge in [-0.1, -0.05) is 0 Å². The molecule has 0 bridgehead atoms. The molecular formula is C7H14O2. The quantitative estimate of drug-likeness (QED) is 0.543. The second-order valence-electron chi connectivity index (χ2n) is 1.92. The van der Waals surface area contributed by atoms with Gasteiger partial charge in [-0.05, 0) is 20.8 Å². The molecule has 0 aromatic carbocycles. The lowest BCUT2D eigenvalue weighted by molar-refractivity contribution is 0.0649. The third-order valence-electron chi connectivity index (χ3n) is 0.869. The molecule has 0 N–H and O–H groups in total. The van der Waals surface area contributed by atoms with Crippen molar-refractivity contribution in [1.82, 2.24) is 0 Å². The van der Waals surface area contributed by atoms with Gasteiger partial charge in [0.25, 0.3) is 5.95 Å². The molecule has 0 rings (SSSR count). The zero-order valence-corrected chi connectivity index (χ0v) is 6.52. The SMILES string of the molecule is CCOC(OC)=C(C)C. The highest BCUT2D eigenvalue weighted by Gasteiger charge is 1.95. The van der Waals surface area contributed by atoms with E-state index in [4.69, 9.17) is 9.47 Å². The van der Waals surface area contributed by atoms with Crippen molar-refractivity contribution in [3.8, 4) is 0 Å². The minimum absolute atomic E-state index is 0.637. The summed E-state index contributed by atoms with van der Waals surface area (Å²) >= 11 is 0. The van der Waals surface area contributed by atoms with E-state index in [1.165, 1.54) is 0 Å². The van der Waals surface area contributed by atoms with E-state index in [0.29, 0.717) is 12.6 Å². The Labute approximate surface area is 56.5 Å². The summed E-state index contributed by atoms with van der Waals surface area (Å²) in [6, 6.07) is 0. The Morgan fingerprint density at radius 2 is 1.89 bits per heavy atom. The molecule has 0 aliphatic heterocycles. The Balaban J connectivity index is 3.83. The maximum absolute atomic E-state index is 5.11. The number of methoxy groups -OCH3 is 1. The summed E-state index contributed by atoms with van der Waals surface area (Å²) in [5, 5.41) is 0. The topological polar surface area (TPSA) is 18.5 Å². The van der Waals surface area contributed by atoms with E-state index in [1.54, 1.807) is 7.11 Å². The molecule has 0 aromatic rings. The fraction of sp³-hybridized carbons (Fsp3) is 0.714. The molecule has 0 aliphatic rings. The Morgan fingerprint density at radius 1 is 1.33 bits per heavy atom. The molecule has 0 saturated carbocycles. The predicted octanol–water partition coefficient (Wildman–Crippen LogP) is 1.92. The zero-order chi connectivity index (χ0) is 7.28. The molecular weight excluding hydrogens is 116 g/mol. The standard InChI is InChI=1S/C7H14O2/c1-5-9-7(8-4)6(2)3/h5H2,1-4H3. The van der Waals surface area contributed by atoms with Gasteiger partial charge in [0.1, 0.15) is 0 Å². The van der Waals surface area contributed by atoms with Crippen LogP contribution in [0.1, 0.15) is 20.8 Å². The van der Waals surface area contributed by atoms with Crippen molar-refractivity contribution < 1.29 is 9.47 Å². The van der Waals surface area contributed by atoms with Gasteiger partial charge in [0.05, 0.1) is 13.7 Å². The Morgan fingerprint density at radius 3 is 2.00 bits per heavy atom. The van der Waals surface area contributed by atoms with Crippen molar-refractivity contribution in [2.45, 2.75) is 20.8 Å². The van der Waals surface area contributed by atoms with E-state index in [1.807, 2.05) is 20.8 Å². The van der Waals surface area contributed by atoms with Crippen LogP contribution in [-0.2, 0) is 9.47 Å². The summed E-state index contributed by atoms with van der Waals surface area (Å²) in [5.41, 5.74) is 1.07. The summed E-state index contributed by atoms with van der Waals surface area (Å²) in [6.07, 6.45) is 0. The van der Waals surface area contributed by atoms with Gasteiger partial charge >= 0.3 is 0 Å². The second-order valence-corrected chi connectivity index (χ2v) is 1.92. The number of hydrogen-bond acceptors (Lipinski definition) is 2. The van der Waals surface area contributed by atoms with Gasteiger partial charge in [-0.25, -0.2) is 0 Å². The summed E-state index contributed by atoms with van der Waals surface area (Å²) in [6.45, 7) is 6.50. The molecule has 9 heavy (non-hydrogen) atoms. The van der Waals surface area contributed by atoms with Crippen molar-refractivity contribution >= 4 is 0 Å². The molecule has 2 nitrogen and oxygen atoms in total. The first-order valence-electron chi connectivity index (χ1n) is 3.06. The highest BCUT2D eigenvalue weighted by molar-refractivity contribution is 4.94. The van der Waals surface area contributed by atoms with Crippen LogP contribution in [0, 0.1) is 0 Å². The van der Waals surface area contributed by atoms with Gasteiger partial charge in [0.2, 0.25) is 0 Å². The third-order valence-corrected chi connectivity index (χ3v) is 0.869. The first-order chi connectivity index (χ1) is 4.22. The highest BCUT2D eigenvalue weighted by Crippen LogP contribution is 2.04. The van der Waals surface area contributed by atoms with Gasteiger partial charge in [0, 0.05) is 5.57 Å². The molecule has 0 radical (unpaired) electrons. The third kappa shape index (κ3) is 3.01. The monoisotopic (exact) mass is 130 g/mol. The fourth-order valence-corrected chi connectivity index (χ4v) is 0.538. The maximum atomic E-state index is 5.11. The zero-order valence-electron chi connectivity index (χ0n) is 6.52. The van der Waals surface area contributed by atoms with E-state index in [9.17, 15) is 0 Å². The van der Waals surface area contributed by atoms with Crippen LogP contribution in [0.5, 0.6) is 0 Å². The van der Waals surface area contributed by atoms with Gasteiger partial charge < -0.3 is 9.47 Å². The molecule has 0 amide bonds. The second kappa shape index (κ2) is 4.24. The first kappa shape index (κ1) is 8.34. The lowest BCUT2D eigenvalue weighted by Gasteiger charge is -2.07. The lowest BCUT2D eigenvalue weighted by Crippen LogP contribution is -1.95. The molecule has 0 heterocycles. The molecule has 0 fully saturated rings. The molecule has 0 atom stereocenters. The summed E-state index contributed by atoms with van der Waals surface area (Å²) in [7, 11) is 1.61. The van der Waals surface area contributed by atoms with Crippen LogP contribution in [0.3, 0.4) is 0 Å². The van der Waals surface area contributed by atoms with Crippen LogP contribution < -0.4 is 0 Å². The van der Waals surface area contributed by atoms with Gasteiger partial charge in [0.15, 0.2) is 0 Å². The molecule has 0 spiro atoms. The van der Waals surface area contributed by atoms with Crippen LogP contribution >= 0.6 is 0 Å². The highest BCUT2D eigenvalue weighted by atomic mass is 16.7. The molecule has 0 aromatic heterocycles. The van der Waals surface area contributed by atoms with Crippen molar-refractivity contribution in [2.24, 2.45) is 0 Å². The average molecular weight is 130 g/mol. The Kier molecular flexibility index (Phi) is 3.93. The molecule has 0 unspecified atom stereocenters. The minimum atomic E-state index is 0.637. The van der Waals surface area contributed by atoms with Crippen LogP contribution in [0.4, 0.5) is 0 Å². The van der Waals surface area contributed by atoms with Crippen molar-refractivity contribution in [3.63, 3.8) is 0 Å². The normalized spacial score (nSPS) is 8.44. The Hall–Kier alpha value is -0.660. The van der Waals surface area contributed by atoms with Crippen molar-refractivity contribution in [3.05, 3.63) is 11.5 Å². The van der Waals surface area contributed by atoms with Gasteiger partial charge in [-0.2, -0.15) is 0 Å². The van der Waals surface area contributed by atoms with Crippen LogP contribution in [-0.4, -0.2) is 13.7 Å². The molecule has 0 saturated heterocycles. The number of hydrogen-bond donors (Lipinski definition) is 0. The van der Waals surface area contributed by atoms with Crippen molar-refractivity contribution in [1.29, 1.82) is 0 Å². The number of rotatable bonds is 3. The van der Waals surface area contributed by atoms with Crippen LogP contribution in [0.15, 0.2) is 11.5 Å². The van der Waals surface area contributed by atoms with Gasteiger partial charge in [-0.3, -0.25) is 0 Å². The smallest absolute Gasteiger partial charge is 0.277 e. The lowest BCUT2D eigenvalue weighted by atomic mass is 10.4. The van der Waals surface area contributed by atoms with Crippen LogP contribution in [0.2, 0.25) is 0 Å². The summed E-state index contributed by atoms with van der Waals surface area (Å²) < 4.78 is 10.0. The average Bonchev–Trinajstić information content (AvgIpc) is 1.82. The first-order valence-corrected chi connectivity index (χ1v) is 3.06. The summed E-state index contributed by atoms with van der Waals surface area (Å²) in [4.78, 5) is 0. The van der Waals surface area contributed by atoms with Crippen LogP contribution in [0.25, 0.3) is 0 Å². The molecule has 2 heteroatoms. The van der Waals surface area contributed by atoms with E-state index in [0.717, 1.165) is 5.57 Å². The Bertz CT molecular complexity index is 101. The van der Waals surface area contributed by atoms with Crippen molar-refractivity contribution in [2.75, 3.05) is 13.7 Å². The van der Waals surface area contributed by atoms with E-state index >= 15 is 0 Å². The largest absolute Gasteiger partial charge is 0.469 e. The summed E-state index contributed by atoms with van der Waals surface area (Å²) in [5.74, 6) is 0.637. The van der Waals surface area contributed by atoms with E-state index in [2.05, 4.69) is 0 Å². The molecule has 54 valence electrons. The number of allylic oxidation sites excluding steroid dienone is 1. The molecule has 0 aliphatic carbocycles. The van der Waals surface area contributed by atoms with E-state index in [-0.39, 0.29) is 0 Å². The van der Waals surface area contributed by atoms with Gasteiger partial charge in [-0.15, -0.1) is 0 Å².